The fourth-order valence-corrected chi connectivity index (χ4v) is 1.62. The van der Waals surface area contributed by atoms with Crippen molar-refractivity contribution in [1.82, 2.24) is 19.7 Å². The summed E-state index contributed by atoms with van der Waals surface area (Å²) < 4.78 is 1.59. The molecule has 0 spiro atoms. The zero-order valence-corrected chi connectivity index (χ0v) is 11.2. The number of nitrogens with one attached hydrogen (secondary N) is 2. The number of aryl methyl sites for hydroxylation is 1. The van der Waals surface area contributed by atoms with Gasteiger partial charge in [-0.15, -0.1) is 0 Å². The molecule has 0 aliphatic carbocycles. The maximum absolute atomic E-state index is 10.9. The number of rotatable bonds is 6. The summed E-state index contributed by atoms with van der Waals surface area (Å²) in [7, 11) is 1.77. The molecule has 0 aliphatic heterocycles. The van der Waals surface area contributed by atoms with Crippen molar-refractivity contribution in [2.24, 2.45) is 7.05 Å². The van der Waals surface area contributed by atoms with Crippen LogP contribution in [0.25, 0.3) is 0 Å². The van der Waals surface area contributed by atoms with Crippen molar-refractivity contribution in [3.05, 3.63) is 34.4 Å². The first kappa shape index (κ1) is 13.7. The molecule has 20 heavy (non-hydrogen) atoms. The van der Waals surface area contributed by atoms with Gasteiger partial charge in [0.15, 0.2) is 5.82 Å². The number of hydrogen-bond acceptors (Lipinski definition) is 7. The van der Waals surface area contributed by atoms with Crippen molar-refractivity contribution < 1.29 is 4.92 Å². The Morgan fingerprint density at radius 2 is 2.05 bits per heavy atom. The molecular weight excluding hydrogens is 262 g/mol. The molecule has 0 saturated carbocycles. The maximum atomic E-state index is 10.9. The zero-order valence-electron chi connectivity index (χ0n) is 11.2. The van der Waals surface area contributed by atoms with Crippen LogP contribution in [-0.2, 0) is 13.6 Å². The van der Waals surface area contributed by atoms with Gasteiger partial charge in [-0.05, 0) is 6.92 Å². The Morgan fingerprint density at radius 3 is 2.60 bits per heavy atom. The van der Waals surface area contributed by atoms with E-state index in [0.717, 1.165) is 0 Å². The molecule has 2 heterocycles. The first-order chi connectivity index (χ1) is 9.58. The summed E-state index contributed by atoms with van der Waals surface area (Å²) in [6, 6.07) is 2.78. The highest BCUT2D eigenvalue weighted by atomic mass is 16.6. The summed E-state index contributed by atoms with van der Waals surface area (Å²) in [6.07, 6.45) is 1.59. The lowest BCUT2D eigenvalue weighted by atomic mass is 10.3. The van der Waals surface area contributed by atoms with Crippen LogP contribution in [-0.4, -0.2) is 31.2 Å². The molecular formula is C11H15N7O2. The third-order valence-electron chi connectivity index (χ3n) is 2.45. The Hall–Kier alpha value is -2.71. The second kappa shape index (κ2) is 5.95. The van der Waals surface area contributed by atoms with E-state index in [4.69, 9.17) is 0 Å². The average molecular weight is 277 g/mol. The summed E-state index contributed by atoms with van der Waals surface area (Å²) in [6.45, 7) is 2.88. The van der Waals surface area contributed by atoms with Crippen LogP contribution in [0.5, 0.6) is 0 Å². The van der Waals surface area contributed by atoms with E-state index >= 15 is 0 Å². The lowest BCUT2D eigenvalue weighted by Gasteiger charge is -2.07. The van der Waals surface area contributed by atoms with Gasteiger partial charge >= 0.3 is 0 Å². The van der Waals surface area contributed by atoms with Crippen LogP contribution in [0.15, 0.2) is 18.5 Å². The molecule has 9 heteroatoms. The molecule has 0 amide bonds. The topological polar surface area (TPSA) is 111 Å². The molecule has 2 N–H and O–H groups in total. The van der Waals surface area contributed by atoms with Crippen LogP contribution in [0.2, 0.25) is 0 Å². The molecule has 0 fully saturated rings. The minimum Gasteiger partial charge on any atom is -0.370 e. The monoisotopic (exact) mass is 277 g/mol. The highest BCUT2D eigenvalue weighted by Crippen LogP contribution is 2.20. The second-order valence-corrected chi connectivity index (χ2v) is 4.07. The van der Waals surface area contributed by atoms with E-state index in [1.807, 2.05) is 6.92 Å². The van der Waals surface area contributed by atoms with Crippen LogP contribution >= 0.6 is 0 Å². The number of nitro groups is 1. The zero-order chi connectivity index (χ0) is 14.5. The Balaban J connectivity index is 2.15. The van der Waals surface area contributed by atoms with Crippen molar-refractivity contribution >= 4 is 17.3 Å². The molecule has 0 aliphatic rings. The van der Waals surface area contributed by atoms with Crippen molar-refractivity contribution in [2.75, 3.05) is 17.2 Å². The Morgan fingerprint density at radius 1 is 1.35 bits per heavy atom. The molecule has 2 aromatic heterocycles. The molecule has 2 rings (SSSR count). The van der Waals surface area contributed by atoms with Gasteiger partial charge in [0.1, 0.15) is 18.0 Å². The molecule has 0 saturated heterocycles. The molecule has 106 valence electrons. The smallest absolute Gasteiger partial charge is 0.276 e. The third-order valence-corrected chi connectivity index (χ3v) is 2.45. The molecule has 0 atom stereocenters. The normalized spacial score (nSPS) is 10.3. The second-order valence-electron chi connectivity index (χ2n) is 4.07. The van der Waals surface area contributed by atoms with Gasteiger partial charge in [-0.3, -0.25) is 14.8 Å². The van der Waals surface area contributed by atoms with E-state index in [2.05, 4.69) is 25.7 Å². The fourth-order valence-electron chi connectivity index (χ4n) is 1.62. The van der Waals surface area contributed by atoms with E-state index < -0.39 is 4.92 Å². The molecule has 0 unspecified atom stereocenters. The highest BCUT2D eigenvalue weighted by molar-refractivity contribution is 5.54. The van der Waals surface area contributed by atoms with E-state index in [9.17, 15) is 10.1 Å². The van der Waals surface area contributed by atoms with Crippen LogP contribution < -0.4 is 10.6 Å². The SMILES string of the molecule is CCNc1cc([N+](=O)[O-])cc(NCc2ncn(C)n2)n1. The largest absolute Gasteiger partial charge is 0.370 e. The molecule has 0 bridgehead atoms. The molecule has 2 aromatic rings. The standard InChI is InChI=1S/C11H15N7O2/c1-3-12-9-4-8(18(19)20)5-10(15-9)13-6-11-14-7-17(2)16-11/h4-5,7H,3,6H2,1-2H3,(H2,12,13,15). The van der Waals surface area contributed by atoms with Crippen molar-refractivity contribution in [3.63, 3.8) is 0 Å². The predicted octanol–water partition coefficient (Wildman–Crippen LogP) is 1.16. The van der Waals surface area contributed by atoms with Crippen molar-refractivity contribution in [1.29, 1.82) is 0 Å². The quantitative estimate of drug-likeness (QED) is 0.602. The van der Waals surface area contributed by atoms with Gasteiger partial charge in [0.05, 0.1) is 23.6 Å². The van der Waals surface area contributed by atoms with Gasteiger partial charge in [0, 0.05) is 13.6 Å². The first-order valence-corrected chi connectivity index (χ1v) is 6.07. The van der Waals surface area contributed by atoms with E-state index in [1.165, 1.54) is 12.1 Å². The van der Waals surface area contributed by atoms with Crippen molar-refractivity contribution in [3.8, 4) is 0 Å². The summed E-state index contributed by atoms with van der Waals surface area (Å²) in [5.41, 5.74) is -0.0209. The fraction of sp³-hybridized carbons (Fsp3) is 0.364. The van der Waals surface area contributed by atoms with Crippen LogP contribution in [0, 0.1) is 10.1 Å². The van der Waals surface area contributed by atoms with Gasteiger partial charge in [-0.25, -0.2) is 9.97 Å². The summed E-state index contributed by atoms with van der Waals surface area (Å²) in [4.78, 5) is 18.7. The van der Waals surface area contributed by atoms with Gasteiger partial charge in [0.2, 0.25) is 0 Å². The number of pyridine rings is 1. The molecule has 0 radical (unpaired) electrons. The van der Waals surface area contributed by atoms with Crippen LogP contribution in [0.1, 0.15) is 12.7 Å². The lowest BCUT2D eigenvalue weighted by molar-refractivity contribution is -0.384. The Labute approximate surface area is 115 Å². The highest BCUT2D eigenvalue weighted by Gasteiger charge is 2.11. The number of aromatic nitrogens is 4. The van der Waals surface area contributed by atoms with E-state index in [0.29, 0.717) is 30.5 Å². The first-order valence-electron chi connectivity index (χ1n) is 6.07. The molecule has 9 nitrogen and oxygen atoms in total. The van der Waals surface area contributed by atoms with Gasteiger partial charge in [-0.2, -0.15) is 5.10 Å². The lowest BCUT2D eigenvalue weighted by Crippen LogP contribution is -2.07. The minimum absolute atomic E-state index is 0.0209. The Kier molecular flexibility index (Phi) is 4.08. The maximum Gasteiger partial charge on any atom is 0.276 e. The number of hydrogen-bond donors (Lipinski definition) is 2. The van der Waals surface area contributed by atoms with E-state index in [1.54, 1.807) is 18.1 Å². The summed E-state index contributed by atoms with van der Waals surface area (Å²) >= 11 is 0. The van der Waals surface area contributed by atoms with Crippen LogP contribution in [0.3, 0.4) is 0 Å². The van der Waals surface area contributed by atoms with Crippen molar-refractivity contribution in [2.45, 2.75) is 13.5 Å². The third kappa shape index (κ3) is 3.40. The van der Waals surface area contributed by atoms with Gasteiger partial charge in [0.25, 0.3) is 5.69 Å². The number of anilines is 2. The minimum atomic E-state index is -0.452. The van der Waals surface area contributed by atoms with Gasteiger partial charge < -0.3 is 10.6 Å². The van der Waals surface area contributed by atoms with E-state index in [-0.39, 0.29) is 5.69 Å². The predicted molar refractivity (Wildman–Crippen MR) is 73.4 cm³/mol. The average Bonchev–Trinajstić information content (AvgIpc) is 2.82. The van der Waals surface area contributed by atoms with Crippen LogP contribution in [0.4, 0.5) is 17.3 Å². The number of nitrogens with zero attached hydrogens (tertiary/aromatic N) is 5. The van der Waals surface area contributed by atoms with Gasteiger partial charge in [-0.1, -0.05) is 0 Å². The molecule has 0 aromatic carbocycles. The Bertz CT molecular complexity index is 611. The summed E-state index contributed by atoms with van der Waals surface area (Å²) in [5.74, 6) is 1.45. The summed E-state index contributed by atoms with van der Waals surface area (Å²) in [5, 5.41) is 20.9.